The van der Waals surface area contributed by atoms with Crippen LogP contribution in [0.5, 0.6) is 0 Å². The molecule has 0 saturated carbocycles. The highest BCUT2D eigenvalue weighted by Gasteiger charge is 2.14. The smallest absolute Gasteiger partial charge is 0.122 e. The Morgan fingerprint density at radius 2 is 2.00 bits per heavy atom. The second-order valence-corrected chi connectivity index (χ2v) is 6.69. The minimum Gasteiger partial charge on any atom is -0.468 e. The highest BCUT2D eigenvalue weighted by atomic mass is 16.3. The van der Waals surface area contributed by atoms with Gasteiger partial charge in [-0.15, -0.1) is 0 Å². The number of nitrogens with one attached hydrogen (secondary N) is 1. The Labute approximate surface area is 118 Å². The van der Waals surface area contributed by atoms with E-state index in [4.69, 9.17) is 4.42 Å². The highest BCUT2D eigenvalue weighted by molar-refractivity contribution is 5.17. The molecule has 1 rings (SSSR count). The number of hydrogen-bond acceptors (Lipinski definition) is 3. The fourth-order valence-corrected chi connectivity index (χ4v) is 2.05. The van der Waals surface area contributed by atoms with Crippen LogP contribution in [0, 0.1) is 5.92 Å². The third kappa shape index (κ3) is 6.26. The Balaban J connectivity index is 2.61. The summed E-state index contributed by atoms with van der Waals surface area (Å²) >= 11 is 0. The normalized spacial score (nSPS) is 12.6. The molecule has 3 nitrogen and oxygen atoms in total. The summed E-state index contributed by atoms with van der Waals surface area (Å²) in [7, 11) is 0. The summed E-state index contributed by atoms with van der Waals surface area (Å²) in [5.41, 5.74) is 1.41. The van der Waals surface area contributed by atoms with Gasteiger partial charge in [-0.1, -0.05) is 20.8 Å². The lowest BCUT2D eigenvalue weighted by Crippen LogP contribution is -2.35. The van der Waals surface area contributed by atoms with Gasteiger partial charge in [-0.3, -0.25) is 4.90 Å². The zero-order valence-electron chi connectivity index (χ0n) is 13.4. The van der Waals surface area contributed by atoms with Crippen molar-refractivity contribution in [1.29, 1.82) is 0 Å². The molecule has 0 aliphatic rings. The van der Waals surface area contributed by atoms with Gasteiger partial charge < -0.3 is 9.73 Å². The van der Waals surface area contributed by atoms with E-state index >= 15 is 0 Å². The predicted molar refractivity (Wildman–Crippen MR) is 81.1 cm³/mol. The minimum atomic E-state index is 0.136. The van der Waals surface area contributed by atoms with Crippen LogP contribution in [0.3, 0.4) is 0 Å². The summed E-state index contributed by atoms with van der Waals surface area (Å²) in [5, 5.41) is 3.52. The van der Waals surface area contributed by atoms with Crippen molar-refractivity contribution in [1.82, 2.24) is 10.2 Å². The van der Waals surface area contributed by atoms with Crippen LogP contribution >= 0.6 is 0 Å². The van der Waals surface area contributed by atoms with Gasteiger partial charge in [0.1, 0.15) is 5.76 Å². The molecule has 0 radical (unpaired) electrons. The average molecular weight is 266 g/mol. The lowest BCUT2D eigenvalue weighted by Gasteiger charge is -2.23. The Kier molecular flexibility index (Phi) is 6.08. The molecule has 1 N–H and O–H groups in total. The quantitative estimate of drug-likeness (QED) is 0.816. The highest BCUT2D eigenvalue weighted by Crippen LogP contribution is 2.15. The van der Waals surface area contributed by atoms with E-state index in [1.54, 1.807) is 6.26 Å². The van der Waals surface area contributed by atoms with Gasteiger partial charge in [-0.05, 0) is 39.3 Å². The van der Waals surface area contributed by atoms with Crippen LogP contribution in [-0.4, -0.2) is 23.5 Å². The molecule has 1 aromatic heterocycles. The molecule has 0 unspecified atom stereocenters. The van der Waals surface area contributed by atoms with E-state index in [0.29, 0.717) is 5.92 Å². The van der Waals surface area contributed by atoms with Gasteiger partial charge in [0.15, 0.2) is 0 Å². The maximum atomic E-state index is 5.66. The van der Waals surface area contributed by atoms with Crippen LogP contribution in [0.4, 0.5) is 0 Å². The summed E-state index contributed by atoms with van der Waals surface area (Å²) in [6.45, 7) is 17.2. The lowest BCUT2D eigenvalue weighted by atomic mass is 10.1. The van der Waals surface area contributed by atoms with E-state index in [1.807, 2.05) is 0 Å². The summed E-state index contributed by atoms with van der Waals surface area (Å²) in [5.74, 6) is 1.78. The van der Waals surface area contributed by atoms with Crippen LogP contribution in [-0.2, 0) is 13.1 Å². The van der Waals surface area contributed by atoms with Crippen molar-refractivity contribution in [2.75, 3.05) is 13.1 Å². The molecule has 0 bridgehead atoms. The van der Waals surface area contributed by atoms with Crippen LogP contribution in [0.2, 0.25) is 0 Å². The number of nitrogens with zero attached hydrogens (tertiary/aromatic N) is 1. The van der Waals surface area contributed by atoms with Crippen molar-refractivity contribution >= 4 is 0 Å². The second-order valence-electron chi connectivity index (χ2n) is 6.69. The molecule has 0 aliphatic carbocycles. The van der Waals surface area contributed by atoms with Crippen molar-refractivity contribution < 1.29 is 4.42 Å². The first kappa shape index (κ1) is 16.3. The predicted octanol–water partition coefficient (Wildman–Crippen LogP) is 3.65. The molecule has 0 aromatic carbocycles. The number of rotatable bonds is 7. The van der Waals surface area contributed by atoms with Crippen molar-refractivity contribution in [3.05, 3.63) is 23.7 Å². The Morgan fingerprint density at radius 1 is 1.32 bits per heavy atom. The molecule has 110 valence electrons. The molecule has 1 heterocycles. The van der Waals surface area contributed by atoms with E-state index in [0.717, 1.165) is 31.9 Å². The van der Waals surface area contributed by atoms with Gasteiger partial charge in [0, 0.05) is 24.2 Å². The largest absolute Gasteiger partial charge is 0.468 e. The minimum absolute atomic E-state index is 0.136. The van der Waals surface area contributed by atoms with Crippen molar-refractivity contribution in [2.24, 2.45) is 5.92 Å². The molecule has 0 spiro atoms. The molecule has 3 heteroatoms. The molecule has 19 heavy (non-hydrogen) atoms. The van der Waals surface area contributed by atoms with Crippen LogP contribution < -0.4 is 5.32 Å². The topological polar surface area (TPSA) is 28.4 Å². The maximum absolute atomic E-state index is 5.66. The Hall–Kier alpha value is -0.800. The molecule has 0 fully saturated rings. The van der Waals surface area contributed by atoms with Gasteiger partial charge in [-0.25, -0.2) is 0 Å². The van der Waals surface area contributed by atoms with Crippen molar-refractivity contribution in [2.45, 2.75) is 60.2 Å². The average Bonchev–Trinajstić information content (AvgIpc) is 2.71. The van der Waals surface area contributed by atoms with Gasteiger partial charge >= 0.3 is 0 Å². The summed E-state index contributed by atoms with van der Waals surface area (Å²) in [6.07, 6.45) is 1.80. The molecular weight excluding hydrogens is 236 g/mol. The van der Waals surface area contributed by atoms with Crippen LogP contribution in [0.15, 0.2) is 16.7 Å². The van der Waals surface area contributed by atoms with Crippen LogP contribution in [0.1, 0.15) is 52.9 Å². The molecular formula is C16H30N2O. The van der Waals surface area contributed by atoms with E-state index in [-0.39, 0.29) is 5.54 Å². The van der Waals surface area contributed by atoms with E-state index < -0.39 is 0 Å². The number of furan rings is 1. The first-order valence-corrected chi connectivity index (χ1v) is 7.34. The first-order chi connectivity index (χ1) is 8.81. The molecule has 1 aromatic rings. The Morgan fingerprint density at radius 3 is 2.53 bits per heavy atom. The molecule has 0 aliphatic heterocycles. The van der Waals surface area contributed by atoms with Crippen molar-refractivity contribution in [3.8, 4) is 0 Å². The monoisotopic (exact) mass is 266 g/mol. The first-order valence-electron chi connectivity index (χ1n) is 7.34. The SMILES string of the molecule is CCN(Cc1occc1CNC(C)(C)C)CC(C)C. The van der Waals surface area contributed by atoms with Crippen molar-refractivity contribution in [3.63, 3.8) is 0 Å². The maximum Gasteiger partial charge on any atom is 0.122 e. The van der Waals surface area contributed by atoms with E-state index in [2.05, 4.69) is 57.8 Å². The second kappa shape index (κ2) is 7.11. The summed E-state index contributed by atoms with van der Waals surface area (Å²) < 4.78 is 5.66. The third-order valence-electron chi connectivity index (χ3n) is 3.08. The van der Waals surface area contributed by atoms with E-state index in [1.165, 1.54) is 5.56 Å². The fourth-order valence-electron chi connectivity index (χ4n) is 2.05. The van der Waals surface area contributed by atoms with E-state index in [9.17, 15) is 0 Å². The standard InChI is InChI=1S/C16H30N2O/c1-7-18(11-13(2)3)12-15-14(8-9-19-15)10-17-16(4,5)6/h8-9,13,17H,7,10-12H2,1-6H3. The molecule has 0 atom stereocenters. The zero-order chi connectivity index (χ0) is 14.5. The Bertz CT molecular complexity index is 363. The molecule has 0 amide bonds. The van der Waals surface area contributed by atoms with Gasteiger partial charge in [0.2, 0.25) is 0 Å². The summed E-state index contributed by atoms with van der Waals surface area (Å²) in [6, 6.07) is 2.08. The summed E-state index contributed by atoms with van der Waals surface area (Å²) in [4.78, 5) is 2.43. The van der Waals surface area contributed by atoms with Gasteiger partial charge in [0.05, 0.1) is 12.8 Å². The zero-order valence-corrected chi connectivity index (χ0v) is 13.4. The fraction of sp³-hybridized carbons (Fsp3) is 0.750. The van der Waals surface area contributed by atoms with Gasteiger partial charge in [0.25, 0.3) is 0 Å². The number of hydrogen-bond donors (Lipinski definition) is 1. The third-order valence-corrected chi connectivity index (χ3v) is 3.08. The molecule has 0 saturated heterocycles. The lowest BCUT2D eigenvalue weighted by molar-refractivity contribution is 0.228. The van der Waals surface area contributed by atoms with Gasteiger partial charge in [-0.2, -0.15) is 0 Å². The van der Waals surface area contributed by atoms with Crippen LogP contribution in [0.25, 0.3) is 0 Å².